The topological polar surface area (TPSA) is 64.8 Å². The number of nitrogens with zero attached hydrogens (tertiary/aromatic N) is 4. The van der Waals surface area contributed by atoms with Crippen molar-refractivity contribution in [2.24, 2.45) is 0 Å². The van der Waals surface area contributed by atoms with E-state index in [1.165, 1.54) is 0 Å². The molecule has 0 bridgehead atoms. The smallest absolute Gasteiger partial charge is 0.154 e. The molecule has 0 aliphatic heterocycles. The summed E-state index contributed by atoms with van der Waals surface area (Å²) in [4.78, 5) is 10.4. The summed E-state index contributed by atoms with van der Waals surface area (Å²) in [5, 5.41) is 12.5. The first-order chi connectivity index (χ1) is 9.11. The molecular formula is C14H15N5. The molecule has 0 atom stereocenters. The van der Waals surface area contributed by atoms with Gasteiger partial charge in [0.25, 0.3) is 0 Å². The Kier molecular flexibility index (Phi) is 3.62. The maximum absolute atomic E-state index is 9.32. The first-order valence-corrected chi connectivity index (χ1v) is 5.90. The summed E-state index contributed by atoms with van der Waals surface area (Å²) < 4.78 is 0. The Morgan fingerprint density at radius 1 is 1.16 bits per heavy atom. The average Bonchev–Trinajstić information content (AvgIpc) is 2.39. The Morgan fingerprint density at radius 3 is 2.42 bits per heavy atom. The van der Waals surface area contributed by atoms with E-state index < -0.39 is 0 Å². The highest BCUT2D eigenvalue weighted by Gasteiger charge is 2.14. The van der Waals surface area contributed by atoms with Crippen molar-refractivity contribution in [3.8, 4) is 6.07 Å². The molecule has 0 radical (unpaired) electrons. The van der Waals surface area contributed by atoms with Crippen molar-refractivity contribution < 1.29 is 0 Å². The second-order valence-corrected chi connectivity index (χ2v) is 4.32. The lowest BCUT2D eigenvalue weighted by Gasteiger charge is -2.16. The minimum absolute atomic E-state index is 0.444. The normalized spacial score (nSPS) is 9.79. The Morgan fingerprint density at radius 2 is 1.84 bits per heavy atom. The monoisotopic (exact) mass is 253 g/mol. The molecule has 1 heterocycles. The number of benzene rings is 1. The van der Waals surface area contributed by atoms with E-state index in [1.807, 2.05) is 56.3 Å². The van der Waals surface area contributed by atoms with Gasteiger partial charge in [0.15, 0.2) is 11.6 Å². The van der Waals surface area contributed by atoms with Gasteiger partial charge in [-0.05, 0) is 19.1 Å². The second kappa shape index (κ2) is 5.36. The Hall–Kier alpha value is -2.61. The predicted octanol–water partition coefficient (Wildman–Crippen LogP) is 2.47. The van der Waals surface area contributed by atoms with Crippen molar-refractivity contribution in [3.05, 3.63) is 41.7 Å². The average molecular weight is 253 g/mol. The molecule has 2 aromatic rings. The van der Waals surface area contributed by atoms with Crippen LogP contribution < -0.4 is 10.2 Å². The molecule has 96 valence electrons. The van der Waals surface area contributed by atoms with Crippen LogP contribution in [0.25, 0.3) is 0 Å². The summed E-state index contributed by atoms with van der Waals surface area (Å²) in [6, 6.07) is 11.8. The summed E-state index contributed by atoms with van der Waals surface area (Å²) in [5.74, 6) is 1.78. The van der Waals surface area contributed by atoms with Crippen LogP contribution in [0.15, 0.2) is 30.3 Å². The summed E-state index contributed by atoms with van der Waals surface area (Å²) in [6.07, 6.45) is 0. The van der Waals surface area contributed by atoms with Crippen LogP contribution in [0.1, 0.15) is 11.4 Å². The summed E-state index contributed by atoms with van der Waals surface area (Å²) in [5.41, 5.74) is 1.33. The number of hydrogen-bond acceptors (Lipinski definition) is 5. The van der Waals surface area contributed by atoms with Crippen molar-refractivity contribution >= 4 is 17.3 Å². The third-order valence-corrected chi connectivity index (χ3v) is 2.57. The molecule has 0 fully saturated rings. The molecule has 0 aliphatic rings. The molecule has 1 aromatic carbocycles. The third-order valence-electron chi connectivity index (χ3n) is 2.57. The zero-order valence-corrected chi connectivity index (χ0v) is 11.2. The first kappa shape index (κ1) is 12.8. The molecule has 0 aliphatic carbocycles. The van der Waals surface area contributed by atoms with Gasteiger partial charge < -0.3 is 10.2 Å². The number of anilines is 3. The Labute approximate surface area is 112 Å². The zero-order chi connectivity index (χ0) is 13.8. The SMILES string of the molecule is Cc1nc(Nc2ccccc2)c(C#N)c(N(C)C)n1. The van der Waals surface area contributed by atoms with Gasteiger partial charge in [-0.2, -0.15) is 5.26 Å². The third kappa shape index (κ3) is 2.80. The highest BCUT2D eigenvalue weighted by Crippen LogP contribution is 2.24. The largest absolute Gasteiger partial charge is 0.361 e. The lowest BCUT2D eigenvalue weighted by Crippen LogP contribution is -2.15. The van der Waals surface area contributed by atoms with E-state index in [-0.39, 0.29) is 0 Å². The first-order valence-electron chi connectivity index (χ1n) is 5.90. The van der Waals surface area contributed by atoms with Crippen molar-refractivity contribution in [2.75, 3.05) is 24.3 Å². The van der Waals surface area contributed by atoms with Crippen LogP contribution >= 0.6 is 0 Å². The molecule has 1 aromatic heterocycles. The van der Waals surface area contributed by atoms with Gasteiger partial charge in [-0.25, -0.2) is 9.97 Å². The highest BCUT2D eigenvalue weighted by atomic mass is 15.2. The minimum atomic E-state index is 0.444. The van der Waals surface area contributed by atoms with Crippen LogP contribution in [0, 0.1) is 18.3 Å². The van der Waals surface area contributed by atoms with E-state index >= 15 is 0 Å². The molecule has 0 spiro atoms. The molecule has 19 heavy (non-hydrogen) atoms. The fourth-order valence-electron chi connectivity index (χ4n) is 1.73. The fraction of sp³-hybridized carbons (Fsp3) is 0.214. The van der Waals surface area contributed by atoms with Crippen LogP contribution in [0.2, 0.25) is 0 Å². The Balaban J connectivity index is 2.48. The number of nitrogens with one attached hydrogen (secondary N) is 1. The molecule has 0 saturated carbocycles. The standard InChI is InChI=1S/C14H15N5/c1-10-16-13(18-11-7-5-4-6-8-11)12(9-15)14(17-10)19(2)3/h4-8H,1-3H3,(H,16,17,18). The quantitative estimate of drug-likeness (QED) is 0.910. The van der Waals surface area contributed by atoms with Crippen LogP contribution in [0.5, 0.6) is 0 Å². The van der Waals surface area contributed by atoms with Crippen molar-refractivity contribution in [1.29, 1.82) is 5.26 Å². The van der Waals surface area contributed by atoms with Gasteiger partial charge in [0.05, 0.1) is 0 Å². The van der Waals surface area contributed by atoms with E-state index in [0.717, 1.165) is 5.69 Å². The van der Waals surface area contributed by atoms with Crippen molar-refractivity contribution in [3.63, 3.8) is 0 Å². The van der Waals surface area contributed by atoms with Gasteiger partial charge in [-0.15, -0.1) is 0 Å². The van der Waals surface area contributed by atoms with Crippen LogP contribution in [0.4, 0.5) is 17.3 Å². The molecule has 0 unspecified atom stereocenters. The van der Waals surface area contributed by atoms with E-state index in [1.54, 1.807) is 0 Å². The molecule has 5 heteroatoms. The summed E-state index contributed by atoms with van der Waals surface area (Å²) in [6.45, 7) is 1.81. The van der Waals surface area contributed by atoms with E-state index in [9.17, 15) is 5.26 Å². The fourth-order valence-corrected chi connectivity index (χ4v) is 1.73. The number of hydrogen-bond donors (Lipinski definition) is 1. The van der Waals surface area contributed by atoms with Gasteiger partial charge >= 0.3 is 0 Å². The number of rotatable bonds is 3. The van der Waals surface area contributed by atoms with Crippen molar-refractivity contribution in [1.82, 2.24) is 9.97 Å². The van der Waals surface area contributed by atoms with Gasteiger partial charge in [0.1, 0.15) is 17.5 Å². The Bertz CT molecular complexity index is 614. The molecule has 1 N–H and O–H groups in total. The van der Waals surface area contributed by atoms with Gasteiger partial charge in [0, 0.05) is 19.8 Å². The zero-order valence-electron chi connectivity index (χ0n) is 11.2. The van der Waals surface area contributed by atoms with E-state index in [0.29, 0.717) is 23.0 Å². The van der Waals surface area contributed by atoms with Crippen LogP contribution in [0.3, 0.4) is 0 Å². The molecule has 0 amide bonds. The van der Waals surface area contributed by atoms with E-state index in [4.69, 9.17) is 0 Å². The second-order valence-electron chi connectivity index (χ2n) is 4.32. The molecule has 2 rings (SSSR count). The summed E-state index contributed by atoms with van der Waals surface area (Å²) >= 11 is 0. The number of para-hydroxylation sites is 1. The number of aryl methyl sites for hydroxylation is 1. The highest BCUT2D eigenvalue weighted by molar-refractivity contribution is 5.70. The minimum Gasteiger partial charge on any atom is -0.361 e. The van der Waals surface area contributed by atoms with E-state index in [2.05, 4.69) is 21.4 Å². The molecular weight excluding hydrogens is 238 g/mol. The lowest BCUT2D eigenvalue weighted by molar-refractivity contribution is 0.984. The maximum atomic E-state index is 9.32. The van der Waals surface area contributed by atoms with Gasteiger partial charge in [-0.1, -0.05) is 18.2 Å². The number of nitriles is 1. The molecule has 5 nitrogen and oxygen atoms in total. The van der Waals surface area contributed by atoms with Crippen LogP contribution in [-0.4, -0.2) is 24.1 Å². The van der Waals surface area contributed by atoms with Crippen LogP contribution in [-0.2, 0) is 0 Å². The van der Waals surface area contributed by atoms with Gasteiger partial charge in [-0.3, -0.25) is 0 Å². The van der Waals surface area contributed by atoms with Gasteiger partial charge in [0.2, 0.25) is 0 Å². The van der Waals surface area contributed by atoms with Crippen molar-refractivity contribution in [2.45, 2.75) is 6.92 Å². The number of aromatic nitrogens is 2. The predicted molar refractivity (Wildman–Crippen MR) is 75.5 cm³/mol. The molecule has 0 saturated heterocycles. The maximum Gasteiger partial charge on any atom is 0.154 e. The lowest BCUT2D eigenvalue weighted by atomic mass is 10.2. The summed E-state index contributed by atoms with van der Waals surface area (Å²) in [7, 11) is 3.71.